The third kappa shape index (κ3) is 3.77. The van der Waals surface area contributed by atoms with E-state index >= 15 is 0 Å². The number of hydrogen-bond donors (Lipinski definition) is 1. The first-order valence-electron chi connectivity index (χ1n) is 7.14. The number of ether oxygens (including phenoxy) is 2. The van der Waals surface area contributed by atoms with Gasteiger partial charge in [0.2, 0.25) is 10.0 Å². The number of rotatable bonds is 6. The van der Waals surface area contributed by atoms with Crippen LogP contribution in [-0.4, -0.2) is 45.8 Å². The zero-order valence-electron chi connectivity index (χ0n) is 12.5. The molecule has 1 aliphatic rings. The normalized spacial score (nSPS) is 20.0. The summed E-state index contributed by atoms with van der Waals surface area (Å²) in [4.78, 5) is 0. The molecule has 2 aromatic rings. The van der Waals surface area contributed by atoms with E-state index in [1.54, 1.807) is 18.2 Å². The predicted molar refractivity (Wildman–Crippen MR) is 86.2 cm³/mol. The minimum Gasteiger partial charge on any atom is -0.381 e. The lowest BCUT2D eigenvalue weighted by Crippen LogP contribution is -2.34. The molecular formula is C14H17ClN2O5S. The largest absolute Gasteiger partial charge is 0.381 e. The van der Waals surface area contributed by atoms with E-state index in [9.17, 15) is 8.42 Å². The summed E-state index contributed by atoms with van der Waals surface area (Å²) in [7, 11) is -2.15. The molecule has 0 radical (unpaired) electrons. The third-order valence-electron chi connectivity index (χ3n) is 3.86. The molecule has 7 nitrogen and oxygen atoms in total. The van der Waals surface area contributed by atoms with Gasteiger partial charge in [-0.2, -0.15) is 0 Å². The van der Waals surface area contributed by atoms with Crippen molar-refractivity contribution in [3.8, 4) is 0 Å². The fourth-order valence-corrected chi connectivity index (χ4v) is 4.17. The van der Waals surface area contributed by atoms with Gasteiger partial charge in [-0.25, -0.2) is 8.42 Å². The van der Waals surface area contributed by atoms with Crippen LogP contribution < -0.4 is 4.72 Å². The van der Waals surface area contributed by atoms with E-state index < -0.39 is 16.1 Å². The van der Waals surface area contributed by atoms with Crippen LogP contribution in [0.4, 0.5) is 5.82 Å². The van der Waals surface area contributed by atoms with Crippen LogP contribution in [0.1, 0.15) is 6.42 Å². The Morgan fingerprint density at radius 1 is 1.52 bits per heavy atom. The first-order valence-corrected chi connectivity index (χ1v) is 9.17. The summed E-state index contributed by atoms with van der Waals surface area (Å²) >= 11 is 5.93. The second-order valence-corrected chi connectivity index (χ2v) is 7.66. The molecule has 1 aromatic heterocycles. The molecule has 3 rings (SSSR count). The number of nitrogens with one attached hydrogen (secondary N) is 1. The highest BCUT2D eigenvalue weighted by Crippen LogP contribution is 2.27. The van der Waals surface area contributed by atoms with Crippen LogP contribution in [0.25, 0.3) is 11.0 Å². The van der Waals surface area contributed by atoms with E-state index in [1.165, 1.54) is 7.11 Å². The molecule has 2 atom stereocenters. The lowest BCUT2D eigenvalue weighted by Gasteiger charge is -2.20. The van der Waals surface area contributed by atoms with Gasteiger partial charge in [-0.3, -0.25) is 4.72 Å². The molecule has 2 heterocycles. The van der Waals surface area contributed by atoms with E-state index in [1.807, 2.05) is 0 Å². The van der Waals surface area contributed by atoms with E-state index in [0.29, 0.717) is 29.2 Å². The van der Waals surface area contributed by atoms with Gasteiger partial charge in [0.25, 0.3) is 0 Å². The van der Waals surface area contributed by atoms with Crippen molar-refractivity contribution in [2.75, 3.05) is 30.8 Å². The van der Waals surface area contributed by atoms with Crippen molar-refractivity contribution in [1.82, 2.24) is 5.16 Å². The van der Waals surface area contributed by atoms with Crippen LogP contribution in [-0.2, 0) is 19.5 Å². The molecule has 1 fully saturated rings. The van der Waals surface area contributed by atoms with Crippen molar-refractivity contribution in [1.29, 1.82) is 0 Å². The van der Waals surface area contributed by atoms with Gasteiger partial charge in [-0.15, -0.1) is 0 Å². The Labute approximate surface area is 138 Å². The van der Waals surface area contributed by atoms with Crippen LogP contribution >= 0.6 is 11.6 Å². The molecule has 2 unspecified atom stereocenters. The number of halogens is 1. The number of fused-ring (bicyclic) bond motifs is 1. The molecule has 126 valence electrons. The van der Waals surface area contributed by atoms with Gasteiger partial charge >= 0.3 is 0 Å². The van der Waals surface area contributed by atoms with Gasteiger partial charge in [-0.1, -0.05) is 16.8 Å². The highest BCUT2D eigenvalue weighted by molar-refractivity contribution is 7.92. The summed E-state index contributed by atoms with van der Waals surface area (Å²) in [6, 6.07) is 4.88. The maximum Gasteiger partial charge on any atom is 0.236 e. The fraction of sp³-hybridized carbons (Fsp3) is 0.500. The molecule has 23 heavy (non-hydrogen) atoms. The Morgan fingerprint density at radius 3 is 3.04 bits per heavy atom. The molecule has 1 aromatic carbocycles. The molecule has 1 aliphatic heterocycles. The SMILES string of the molecule is COC(CS(=O)(=O)Nc1noc2ccc(Cl)cc12)C1CCOC1. The smallest absolute Gasteiger partial charge is 0.236 e. The average molecular weight is 361 g/mol. The second-order valence-electron chi connectivity index (χ2n) is 5.45. The molecule has 0 saturated carbocycles. The summed E-state index contributed by atoms with van der Waals surface area (Å²) in [6.07, 6.45) is 0.355. The Kier molecular flexibility index (Phi) is 4.77. The zero-order chi connectivity index (χ0) is 16.4. The zero-order valence-corrected chi connectivity index (χ0v) is 14.1. The molecule has 1 saturated heterocycles. The molecule has 0 bridgehead atoms. The summed E-state index contributed by atoms with van der Waals surface area (Å²) < 4.78 is 43.0. The summed E-state index contributed by atoms with van der Waals surface area (Å²) in [5.74, 6) is 0.0204. The predicted octanol–water partition coefficient (Wildman–Crippen LogP) is 2.27. The van der Waals surface area contributed by atoms with Gasteiger partial charge in [-0.05, 0) is 24.6 Å². The van der Waals surface area contributed by atoms with Crippen LogP contribution in [0.3, 0.4) is 0 Å². The molecule has 9 heteroatoms. The van der Waals surface area contributed by atoms with Crippen LogP contribution in [0.5, 0.6) is 0 Å². The molecule has 0 aliphatic carbocycles. The fourth-order valence-electron chi connectivity index (χ4n) is 2.63. The topological polar surface area (TPSA) is 90.7 Å². The number of nitrogens with zero attached hydrogens (tertiary/aromatic N) is 1. The van der Waals surface area contributed by atoms with Gasteiger partial charge < -0.3 is 14.0 Å². The van der Waals surface area contributed by atoms with E-state index in [4.69, 9.17) is 25.6 Å². The first kappa shape index (κ1) is 16.5. The Bertz CT molecular complexity index is 786. The highest BCUT2D eigenvalue weighted by atomic mass is 35.5. The summed E-state index contributed by atoms with van der Waals surface area (Å²) in [5.41, 5.74) is 0.458. The molecule has 1 N–H and O–H groups in total. The maximum absolute atomic E-state index is 12.4. The van der Waals surface area contributed by atoms with Crippen LogP contribution in [0, 0.1) is 5.92 Å². The molecular weight excluding hydrogens is 344 g/mol. The van der Waals surface area contributed by atoms with E-state index in [0.717, 1.165) is 6.42 Å². The molecule has 0 spiro atoms. The maximum atomic E-state index is 12.4. The van der Waals surface area contributed by atoms with Crippen molar-refractivity contribution in [3.05, 3.63) is 23.2 Å². The van der Waals surface area contributed by atoms with Gasteiger partial charge in [0.15, 0.2) is 11.4 Å². The summed E-state index contributed by atoms with van der Waals surface area (Å²) in [6.45, 7) is 1.14. The number of methoxy groups -OCH3 is 1. The van der Waals surface area contributed by atoms with Crippen molar-refractivity contribution in [2.45, 2.75) is 12.5 Å². The number of benzene rings is 1. The Morgan fingerprint density at radius 2 is 2.35 bits per heavy atom. The highest BCUT2D eigenvalue weighted by Gasteiger charge is 2.30. The van der Waals surface area contributed by atoms with Crippen molar-refractivity contribution in [3.63, 3.8) is 0 Å². The number of anilines is 1. The van der Waals surface area contributed by atoms with Crippen LogP contribution in [0.15, 0.2) is 22.7 Å². The van der Waals surface area contributed by atoms with Crippen molar-refractivity contribution < 1.29 is 22.4 Å². The molecule has 0 amide bonds. The number of hydrogen-bond acceptors (Lipinski definition) is 6. The standard InChI is InChI=1S/C14H17ClN2O5S/c1-20-13(9-4-5-21-7-9)8-23(18,19)17-14-11-6-10(15)2-3-12(11)22-16-14/h2-3,6,9,13H,4-5,7-8H2,1H3,(H,16,17). The third-order valence-corrected chi connectivity index (χ3v) is 5.37. The van der Waals surface area contributed by atoms with Crippen LogP contribution in [0.2, 0.25) is 5.02 Å². The summed E-state index contributed by atoms with van der Waals surface area (Å²) in [5, 5.41) is 4.75. The van der Waals surface area contributed by atoms with Crippen molar-refractivity contribution >= 4 is 38.4 Å². The lowest BCUT2D eigenvalue weighted by atomic mass is 10.0. The van der Waals surface area contributed by atoms with E-state index in [-0.39, 0.29) is 17.5 Å². The Hall–Kier alpha value is -1.35. The quantitative estimate of drug-likeness (QED) is 0.849. The van der Waals surface area contributed by atoms with E-state index in [2.05, 4.69) is 9.88 Å². The van der Waals surface area contributed by atoms with Gasteiger partial charge in [0.1, 0.15) is 0 Å². The number of aromatic nitrogens is 1. The Balaban J connectivity index is 1.78. The van der Waals surface area contributed by atoms with Gasteiger partial charge in [0.05, 0.1) is 23.8 Å². The van der Waals surface area contributed by atoms with Crippen molar-refractivity contribution in [2.24, 2.45) is 5.92 Å². The average Bonchev–Trinajstić information content (AvgIpc) is 3.15. The van der Waals surface area contributed by atoms with Gasteiger partial charge in [0, 0.05) is 24.7 Å². The minimum atomic E-state index is -3.65. The lowest BCUT2D eigenvalue weighted by molar-refractivity contribution is 0.0612. The first-order chi connectivity index (χ1) is 11.0. The number of sulfonamides is 1. The second kappa shape index (κ2) is 6.64. The monoisotopic (exact) mass is 360 g/mol. The minimum absolute atomic E-state index is 0.0695.